The minimum Gasteiger partial charge on any atom is -0.506 e. The van der Waals surface area contributed by atoms with Crippen LogP contribution in [0.5, 0.6) is 5.75 Å². The predicted molar refractivity (Wildman–Crippen MR) is 64.2 cm³/mol. The van der Waals surface area contributed by atoms with Gasteiger partial charge in [-0.25, -0.2) is 4.79 Å². The van der Waals surface area contributed by atoms with E-state index in [-0.39, 0.29) is 22.9 Å². The molecule has 0 saturated carbocycles. The molecule has 1 rings (SSSR count). The average molecular weight is 259 g/mol. The summed E-state index contributed by atoms with van der Waals surface area (Å²) >= 11 is 5.90. The Kier molecular flexibility index (Phi) is 4.37. The SMILES string of the molecule is CCOC(=O)C(O)c1cc(C)c(C)c(Cl)c1O. The summed E-state index contributed by atoms with van der Waals surface area (Å²) in [6.45, 7) is 5.33. The fourth-order valence-electron chi connectivity index (χ4n) is 1.44. The number of benzene rings is 1. The summed E-state index contributed by atoms with van der Waals surface area (Å²) in [5.41, 5.74) is 1.56. The Bertz CT molecular complexity index is 443. The van der Waals surface area contributed by atoms with Gasteiger partial charge in [0.1, 0.15) is 5.75 Å². The van der Waals surface area contributed by atoms with Gasteiger partial charge in [-0.3, -0.25) is 0 Å². The highest BCUT2D eigenvalue weighted by molar-refractivity contribution is 6.33. The molecule has 17 heavy (non-hydrogen) atoms. The highest BCUT2D eigenvalue weighted by atomic mass is 35.5. The van der Waals surface area contributed by atoms with E-state index in [4.69, 9.17) is 11.6 Å². The van der Waals surface area contributed by atoms with Gasteiger partial charge >= 0.3 is 5.97 Å². The number of aryl methyl sites for hydroxylation is 1. The first-order valence-corrected chi connectivity index (χ1v) is 5.61. The van der Waals surface area contributed by atoms with Gasteiger partial charge in [0.25, 0.3) is 0 Å². The molecule has 0 aliphatic rings. The van der Waals surface area contributed by atoms with Crippen LogP contribution in [0.25, 0.3) is 0 Å². The van der Waals surface area contributed by atoms with Crippen LogP contribution in [-0.2, 0) is 9.53 Å². The smallest absolute Gasteiger partial charge is 0.339 e. The van der Waals surface area contributed by atoms with Crippen molar-refractivity contribution in [3.8, 4) is 5.75 Å². The second kappa shape index (κ2) is 5.38. The van der Waals surface area contributed by atoms with Crippen LogP contribution >= 0.6 is 11.6 Å². The lowest BCUT2D eigenvalue weighted by atomic mass is 10.0. The quantitative estimate of drug-likeness (QED) is 0.816. The lowest BCUT2D eigenvalue weighted by Crippen LogP contribution is -2.16. The molecule has 5 heteroatoms. The molecule has 2 N–H and O–H groups in total. The van der Waals surface area contributed by atoms with Gasteiger partial charge in [0.15, 0.2) is 6.10 Å². The van der Waals surface area contributed by atoms with Crippen LogP contribution in [0.2, 0.25) is 5.02 Å². The zero-order chi connectivity index (χ0) is 13.2. The number of carbonyl (C=O) groups excluding carboxylic acids is 1. The largest absolute Gasteiger partial charge is 0.506 e. The van der Waals surface area contributed by atoms with Gasteiger partial charge in [-0.1, -0.05) is 11.6 Å². The van der Waals surface area contributed by atoms with Gasteiger partial charge in [0.05, 0.1) is 11.6 Å². The third kappa shape index (κ3) is 2.70. The highest BCUT2D eigenvalue weighted by Crippen LogP contribution is 2.36. The van der Waals surface area contributed by atoms with E-state index in [1.165, 1.54) is 6.07 Å². The number of aliphatic hydroxyl groups is 1. The molecule has 1 unspecified atom stereocenters. The number of rotatable bonds is 3. The minimum atomic E-state index is -1.52. The van der Waals surface area contributed by atoms with E-state index in [1.807, 2.05) is 0 Å². The van der Waals surface area contributed by atoms with E-state index < -0.39 is 12.1 Å². The van der Waals surface area contributed by atoms with E-state index in [0.29, 0.717) is 5.56 Å². The zero-order valence-corrected chi connectivity index (χ0v) is 10.7. The van der Waals surface area contributed by atoms with Crippen molar-refractivity contribution in [1.29, 1.82) is 0 Å². The zero-order valence-electron chi connectivity index (χ0n) is 9.95. The van der Waals surface area contributed by atoms with Crippen LogP contribution in [-0.4, -0.2) is 22.8 Å². The molecule has 0 saturated heterocycles. The topological polar surface area (TPSA) is 66.8 Å². The fourth-order valence-corrected chi connectivity index (χ4v) is 1.70. The Morgan fingerprint density at radius 2 is 2.12 bits per heavy atom. The van der Waals surface area contributed by atoms with Crippen LogP contribution in [0.1, 0.15) is 29.7 Å². The van der Waals surface area contributed by atoms with E-state index in [1.54, 1.807) is 20.8 Å². The number of phenols is 1. The lowest BCUT2D eigenvalue weighted by Gasteiger charge is -2.15. The second-order valence-corrected chi connectivity index (χ2v) is 4.10. The Labute approximate surface area is 105 Å². The molecule has 1 aromatic rings. The third-order valence-corrected chi connectivity index (χ3v) is 3.04. The number of ether oxygens (including phenoxy) is 1. The first-order chi connectivity index (χ1) is 7.90. The van der Waals surface area contributed by atoms with Crippen LogP contribution in [0.4, 0.5) is 0 Å². The van der Waals surface area contributed by atoms with Crippen molar-refractivity contribution in [2.24, 2.45) is 0 Å². The van der Waals surface area contributed by atoms with Gasteiger partial charge in [0, 0.05) is 5.56 Å². The second-order valence-electron chi connectivity index (χ2n) is 3.72. The van der Waals surface area contributed by atoms with Gasteiger partial charge in [-0.05, 0) is 38.0 Å². The number of phenolic OH excluding ortho intramolecular Hbond substituents is 1. The van der Waals surface area contributed by atoms with Crippen molar-refractivity contribution in [3.63, 3.8) is 0 Å². The molecular formula is C12H15ClO4. The molecule has 0 radical (unpaired) electrons. The molecule has 1 aromatic carbocycles. The van der Waals surface area contributed by atoms with E-state index >= 15 is 0 Å². The summed E-state index contributed by atoms with van der Waals surface area (Å²) in [6, 6.07) is 1.53. The summed E-state index contributed by atoms with van der Waals surface area (Å²) in [7, 11) is 0. The molecule has 0 spiro atoms. The first-order valence-electron chi connectivity index (χ1n) is 5.23. The number of hydrogen-bond acceptors (Lipinski definition) is 4. The summed E-state index contributed by atoms with van der Waals surface area (Å²) in [4.78, 5) is 11.4. The molecule has 4 nitrogen and oxygen atoms in total. The first kappa shape index (κ1) is 13.8. The molecule has 0 bridgehead atoms. The maximum absolute atomic E-state index is 11.4. The van der Waals surface area contributed by atoms with Crippen LogP contribution in [0.15, 0.2) is 6.07 Å². The standard InChI is InChI=1S/C12H15ClO4/c1-4-17-12(16)11(15)8-5-6(2)7(3)9(13)10(8)14/h5,11,14-15H,4H2,1-3H3. The number of carbonyl (C=O) groups is 1. The minimum absolute atomic E-state index is 0.0663. The van der Waals surface area contributed by atoms with Crippen LogP contribution < -0.4 is 0 Å². The molecule has 0 aliphatic heterocycles. The van der Waals surface area contributed by atoms with E-state index in [2.05, 4.69) is 4.74 Å². The molecule has 0 fully saturated rings. The number of esters is 1. The van der Waals surface area contributed by atoms with E-state index in [0.717, 1.165) is 5.56 Å². The Balaban J connectivity index is 3.19. The molecule has 1 atom stereocenters. The maximum Gasteiger partial charge on any atom is 0.339 e. The summed E-state index contributed by atoms with van der Waals surface area (Å²) in [5, 5.41) is 19.7. The number of aromatic hydroxyl groups is 1. The van der Waals surface area contributed by atoms with Crippen molar-refractivity contribution >= 4 is 17.6 Å². The monoisotopic (exact) mass is 258 g/mol. The molecule has 0 amide bonds. The Morgan fingerprint density at radius 1 is 1.53 bits per heavy atom. The van der Waals surface area contributed by atoms with Crippen molar-refractivity contribution in [1.82, 2.24) is 0 Å². The van der Waals surface area contributed by atoms with Gasteiger partial charge in [-0.2, -0.15) is 0 Å². The fraction of sp³-hybridized carbons (Fsp3) is 0.417. The van der Waals surface area contributed by atoms with Crippen molar-refractivity contribution < 1.29 is 19.7 Å². The average Bonchev–Trinajstić information content (AvgIpc) is 2.30. The summed E-state index contributed by atoms with van der Waals surface area (Å²) in [5.74, 6) is -1.09. The van der Waals surface area contributed by atoms with Gasteiger partial charge < -0.3 is 14.9 Å². The van der Waals surface area contributed by atoms with Gasteiger partial charge in [0.2, 0.25) is 0 Å². The molecule has 0 aromatic heterocycles. The van der Waals surface area contributed by atoms with Crippen LogP contribution in [0, 0.1) is 13.8 Å². The third-order valence-electron chi connectivity index (χ3n) is 2.58. The normalized spacial score (nSPS) is 12.3. The molecular weight excluding hydrogens is 244 g/mol. The summed E-state index contributed by atoms with van der Waals surface area (Å²) < 4.78 is 4.68. The molecule has 94 valence electrons. The predicted octanol–water partition coefficient (Wildman–Crippen LogP) is 2.26. The van der Waals surface area contributed by atoms with E-state index in [9.17, 15) is 15.0 Å². The maximum atomic E-state index is 11.4. The molecule has 0 aliphatic carbocycles. The highest BCUT2D eigenvalue weighted by Gasteiger charge is 2.24. The van der Waals surface area contributed by atoms with Crippen molar-refractivity contribution in [2.75, 3.05) is 6.61 Å². The number of aliphatic hydroxyl groups excluding tert-OH is 1. The van der Waals surface area contributed by atoms with Crippen molar-refractivity contribution in [3.05, 3.63) is 27.8 Å². The molecule has 0 heterocycles. The van der Waals surface area contributed by atoms with Crippen LogP contribution in [0.3, 0.4) is 0 Å². The Morgan fingerprint density at radius 3 is 2.65 bits per heavy atom. The van der Waals surface area contributed by atoms with Gasteiger partial charge in [-0.15, -0.1) is 0 Å². The number of halogens is 1. The lowest BCUT2D eigenvalue weighted by molar-refractivity contribution is -0.153. The number of hydrogen-bond donors (Lipinski definition) is 2. The van der Waals surface area contributed by atoms with Crippen molar-refractivity contribution in [2.45, 2.75) is 26.9 Å². The Hall–Kier alpha value is -1.26. The summed E-state index contributed by atoms with van der Waals surface area (Å²) in [6.07, 6.45) is -1.52.